The molecule has 0 atom stereocenters. The number of halogens is 1. The molecule has 0 bridgehead atoms. The number of carbonyl (C=O) groups is 1. The molecule has 0 unspecified atom stereocenters. The average Bonchev–Trinajstić information content (AvgIpc) is 3.08. The number of rotatable bonds is 8. The topological polar surface area (TPSA) is 61.7 Å². The molecule has 0 aliphatic rings. The molecule has 0 saturated heterocycles. The molecule has 0 radical (unpaired) electrons. The van der Waals surface area contributed by atoms with E-state index in [4.69, 9.17) is 11.6 Å². The molecule has 0 saturated carbocycles. The third-order valence-electron chi connectivity index (χ3n) is 4.73. The van der Waals surface area contributed by atoms with Gasteiger partial charge in [-0.3, -0.25) is 9.20 Å². The highest BCUT2D eigenvalue weighted by molar-refractivity contribution is 6.30. The van der Waals surface area contributed by atoms with E-state index >= 15 is 0 Å². The number of aryl methyl sites for hydroxylation is 1. The first-order valence-electron chi connectivity index (χ1n) is 9.42. The van der Waals surface area contributed by atoms with Crippen LogP contribution in [-0.4, -0.2) is 42.5 Å². The maximum atomic E-state index is 12.8. The molecular weight excluding hydrogens is 374 g/mol. The Bertz CT molecular complexity index is 951. The number of nitrogens with one attached hydrogen (secondary N) is 2. The van der Waals surface area contributed by atoms with Gasteiger partial charge in [0.15, 0.2) is 0 Å². The summed E-state index contributed by atoms with van der Waals surface area (Å²) in [5.41, 5.74) is 4.23. The van der Waals surface area contributed by atoms with Crippen LogP contribution in [0, 0.1) is 0 Å². The molecule has 3 aromatic rings. The quantitative estimate of drug-likeness (QED) is 0.611. The third-order valence-corrected chi connectivity index (χ3v) is 4.96. The Labute approximate surface area is 170 Å². The lowest BCUT2D eigenvalue weighted by atomic mass is 10.2. The predicted octanol–water partition coefficient (Wildman–Crippen LogP) is 3.14. The van der Waals surface area contributed by atoms with Crippen LogP contribution < -0.4 is 15.5 Å². The van der Waals surface area contributed by atoms with Crippen LogP contribution in [0.5, 0.6) is 0 Å². The number of nitrogens with zero attached hydrogens (tertiary/aromatic N) is 3. The van der Waals surface area contributed by atoms with E-state index in [0.29, 0.717) is 23.7 Å². The van der Waals surface area contributed by atoms with Crippen molar-refractivity contribution in [2.75, 3.05) is 32.1 Å². The first-order chi connectivity index (χ1) is 13.5. The molecule has 0 aliphatic carbocycles. The number of benzene rings is 1. The molecule has 148 valence electrons. The summed E-state index contributed by atoms with van der Waals surface area (Å²) in [7, 11) is 4.01. The second kappa shape index (κ2) is 9.08. The van der Waals surface area contributed by atoms with Crippen molar-refractivity contribution in [1.29, 1.82) is 0 Å². The Morgan fingerprint density at radius 2 is 1.96 bits per heavy atom. The summed E-state index contributed by atoms with van der Waals surface area (Å²) in [4.78, 5) is 19.6. The van der Waals surface area contributed by atoms with Crippen molar-refractivity contribution < 1.29 is 4.79 Å². The summed E-state index contributed by atoms with van der Waals surface area (Å²) in [5.74, 6) is -0.151. The number of aromatic nitrogens is 2. The lowest BCUT2D eigenvalue weighted by Gasteiger charge is -2.19. The molecule has 0 fully saturated rings. The molecule has 1 amide bonds. The van der Waals surface area contributed by atoms with Crippen LogP contribution in [0.4, 0.5) is 5.69 Å². The fourth-order valence-corrected chi connectivity index (χ4v) is 3.26. The molecule has 0 aliphatic heterocycles. The van der Waals surface area contributed by atoms with Crippen molar-refractivity contribution in [1.82, 2.24) is 20.0 Å². The van der Waals surface area contributed by atoms with Crippen molar-refractivity contribution in [2.24, 2.45) is 0 Å². The number of hydrogen-bond acceptors (Lipinski definition) is 4. The average molecular weight is 400 g/mol. The summed E-state index contributed by atoms with van der Waals surface area (Å²) >= 11 is 6.10. The first-order valence-corrected chi connectivity index (χ1v) is 9.80. The largest absolute Gasteiger partial charge is 0.373 e. The SMILES string of the molecule is CCc1nc2ccc(Cl)cn2c1C(=O)NCc1ccc(N(C)CCNC)cc1. The van der Waals surface area contributed by atoms with Gasteiger partial charge in [-0.1, -0.05) is 30.7 Å². The molecule has 28 heavy (non-hydrogen) atoms. The van der Waals surface area contributed by atoms with Gasteiger partial charge >= 0.3 is 0 Å². The molecular formula is C21H26ClN5O. The minimum Gasteiger partial charge on any atom is -0.373 e. The number of carbonyl (C=O) groups excluding carboxylic acids is 1. The molecule has 3 rings (SSSR count). The van der Waals surface area contributed by atoms with Crippen molar-refractivity contribution in [3.05, 3.63) is 64.6 Å². The Balaban J connectivity index is 1.71. The van der Waals surface area contributed by atoms with E-state index in [2.05, 4.69) is 39.7 Å². The van der Waals surface area contributed by atoms with E-state index < -0.39 is 0 Å². The highest BCUT2D eigenvalue weighted by Crippen LogP contribution is 2.18. The third kappa shape index (κ3) is 4.46. The van der Waals surface area contributed by atoms with E-state index in [9.17, 15) is 4.79 Å². The maximum absolute atomic E-state index is 12.8. The van der Waals surface area contributed by atoms with Crippen LogP contribution in [0.3, 0.4) is 0 Å². The monoisotopic (exact) mass is 399 g/mol. The molecule has 7 heteroatoms. The highest BCUT2D eigenvalue weighted by atomic mass is 35.5. The Morgan fingerprint density at radius 3 is 2.64 bits per heavy atom. The van der Waals surface area contributed by atoms with E-state index in [0.717, 1.165) is 35.7 Å². The normalized spacial score (nSPS) is 11.0. The number of pyridine rings is 1. The standard InChI is InChI=1S/C21H26ClN5O/c1-4-18-20(27-14-16(22)7-10-19(27)25-18)21(28)24-13-15-5-8-17(9-6-15)26(3)12-11-23-2/h5-10,14,23H,4,11-13H2,1-3H3,(H,24,28). The summed E-state index contributed by atoms with van der Waals surface area (Å²) in [6.07, 6.45) is 2.41. The zero-order chi connectivity index (χ0) is 20.1. The summed E-state index contributed by atoms with van der Waals surface area (Å²) in [5, 5.41) is 6.72. The summed E-state index contributed by atoms with van der Waals surface area (Å²) in [6.45, 7) is 4.31. The molecule has 2 N–H and O–H groups in total. The van der Waals surface area contributed by atoms with E-state index in [-0.39, 0.29) is 5.91 Å². The van der Waals surface area contributed by atoms with Crippen LogP contribution in [0.25, 0.3) is 5.65 Å². The van der Waals surface area contributed by atoms with E-state index in [1.165, 1.54) is 0 Å². The second-order valence-corrected chi connectivity index (χ2v) is 7.15. The van der Waals surface area contributed by atoms with Crippen molar-refractivity contribution in [3.63, 3.8) is 0 Å². The van der Waals surface area contributed by atoms with Gasteiger partial charge in [0.1, 0.15) is 11.3 Å². The van der Waals surface area contributed by atoms with Crippen LogP contribution in [0.15, 0.2) is 42.6 Å². The van der Waals surface area contributed by atoms with Gasteiger partial charge in [-0.05, 0) is 43.3 Å². The number of hydrogen-bond donors (Lipinski definition) is 2. The van der Waals surface area contributed by atoms with Gasteiger partial charge in [0.25, 0.3) is 5.91 Å². The van der Waals surface area contributed by atoms with Crippen LogP contribution in [-0.2, 0) is 13.0 Å². The molecule has 6 nitrogen and oxygen atoms in total. The van der Waals surface area contributed by atoms with Crippen LogP contribution in [0.2, 0.25) is 5.02 Å². The first kappa shape index (κ1) is 20.2. The van der Waals surface area contributed by atoms with Gasteiger partial charge in [0, 0.05) is 38.6 Å². The van der Waals surface area contributed by atoms with Gasteiger partial charge in [-0.2, -0.15) is 0 Å². The molecule has 0 spiro atoms. The van der Waals surface area contributed by atoms with Gasteiger partial charge in [-0.25, -0.2) is 4.98 Å². The van der Waals surface area contributed by atoms with Crippen molar-refractivity contribution in [2.45, 2.75) is 19.9 Å². The smallest absolute Gasteiger partial charge is 0.270 e. The summed E-state index contributed by atoms with van der Waals surface area (Å²) in [6, 6.07) is 11.8. The Hall–Kier alpha value is -2.57. The number of anilines is 1. The second-order valence-electron chi connectivity index (χ2n) is 6.71. The highest BCUT2D eigenvalue weighted by Gasteiger charge is 2.18. The fourth-order valence-electron chi connectivity index (χ4n) is 3.10. The Morgan fingerprint density at radius 1 is 1.21 bits per heavy atom. The van der Waals surface area contributed by atoms with Gasteiger partial charge in [0.2, 0.25) is 0 Å². The zero-order valence-corrected chi connectivity index (χ0v) is 17.3. The van der Waals surface area contributed by atoms with Gasteiger partial charge in [0.05, 0.1) is 10.7 Å². The fraction of sp³-hybridized carbons (Fsp3) is 0.333. The van der Waals surface area contributed by atoms with Crippen molar-refractivity contribution >= 4 is 28.8 Å². The number of fused-ring (bicyclic) bond motifs is 1. The summed E-state index contributed by atoms with van der Waals surface area (Å²) < 4.78 is 1.76. The van der Waals surface area contributed by atoms with E-state index in [1.807, 2.05) is 32.2 Å². The Kier molecular flexibility index (Phi) is 6.54. The van der Waals surface area contributed by atoms with Gasteiger partial charge < -0.3 is 15.5 Å². The lowest BCUT2D eigenvalue weighted by molar-refractivity contribution is 0.0944. The molecule has 2 heterocycles. The van der Waals surface area contributed by atoms with E-state index in [1.54, 1.807) is 16.7 Å². The van der Waals surface area contributed by atoms with Crippen molar-refractivity contribution in [3.8, 4) is 0 Å². The number of imidazole rings is 1. The predicted molar refractivity (Wildman–Crippen MR) is 114 cm³/mol. The molecule has 1 aromatic carbocycles. The number of amides is 1. The van der Waals surface area contributed by atoms with Crippen LogP contribution in [0.1, 0.15) is 28.7 Å². The van der Waals surface area contributed by atoms with Crippen LogP contribution >= 0.6 is 11.6 Å². The maximum Gasteiger partial charge on any atom is 0.270 e. The minimum absolute atomic E-state index is 0.151. The zero-order valence-electron chi connectivity index (χ0n) is 16.5. The lowest BCUT2D eigenvalue weighted by Crippen LogP contribution is -2.27. The number of likely N-dealkylation sites (N-methyl/N-ethyl adjacent to an activating group) is 2. The molecule has 2 aromatic heterocycles. The minimum atomic E-state index is -0.151. The van der Waals surface area contributed by atoms with Gasteiger partial charge in [-0.15, -0.1) is 0 Å².